The maximum atomic E-state index is 11.6. The first-order valence-electron chi connectivity index (χ1n) is 7.25. The Morgan fingerprint density at radius 3 is 2.36 bits per heavy atom. The molecule has 2 N–H and O–H groups in total. The van der Waals surface area contributed by atoms with Crippen LogP contribution in [0, 0.1) is 0 Å². The first-order valence-corrected chi connectivity index (χ1v) is 7.25. The number of aryl methyl sites for hydroxylation is 1. The van der Waals surface area contributed by atoms with Crippen molar-refractivity contribution in [3.8, 4) is 0 Å². The lowest BCUT2D eigenvalue weighted by atomic mass is 10.1. The molecule has 1 aromatic carbocycles. The fourth-order valence-corrected chi connectivity index (χ4v) is 1.97. The largest absolute Gasteiger partial charge is 0.348 e. The van der Waals surface area contributed by atoms with Gasteiger partial charge in [0.25, 0.3) is 0 Å². The van der Waals surface area contributed by atoms with Crippen molar-refractivity contribution >= 4 is 11.8 Å². The van der Waals surface area contributed by atoms with E-state index in [1.54, 1.807) is 18.3 Å². The Balaban J connectivity index is 1.63. The lowest BCUT2D eigenvalue weighted by molar-refractivity contribution is -0.139. The van der Waals surface area contributed by atoms with E-state index < -0.39 is 11.8 Å². The number of carbonyl (C=O) groups excluding carboxylic acids is 2. The zero-order valence-electron chi connectivity index (χ0n) is 12.3. The molecular weight excluding hydrogens is 278 g/mol. The third-order valence-corrected chi connectivity index (χ3v) is 3.13. The van der Waals surface area contributed by atoms with Gasteiger partial charge in [0.05, 0.1) is 12.2 Å². The van der Waals surface area contributed by atoms with Crippen molar-refractivity contribution in [2.75, 3.05) is 6.54 Å². The van der Waals surface area contributed by atoms with Crippen LogP contribution in [0.4, 0.5) is 0 Å². The van der Waals surface area contributed by atoms with Crippen molar-refractivity contribution in [3.05, 3.63) is 66.0 Å². The molecule has 1 heterocycles. The van der Waals surface area contributed by atoms with Crippen LogP contribution in [0.2, 0.25) is 0 Å². The third-order valence-electron chi connectivity index (χ3n) is 3.13. The van der Waals surface area contributed by atoms with Crippen LogP contribution in [0.3, 0.4) is 0 Å². The van der Waals surface area contributed by atoms with E-state index >= 15 is 0 Å². The van der Waals surface area contributed by atoms with Crippen LogP contribution in [-0.4, -0.2) is 23.3 Å². The molecule has 0 saturated heterocycles. The highest BCUT2D eigenvalue weighted by Crippen LogP contribution is 2.01. The van der Waals surface area contributed by atoms with E-state index in [4.69, 9.17) is 0 Å². The zero-order valence-corrected chi connectivity index (χ0v) is 12.3. The number of carbonyl (C=O) groups is 2. The molecule has 1 aromatic heterocycles. The van der Waals surface area contributed by atoms with Gasteiger partial charge < -0.3 is 10.6 Å². The average Bonchev–Trinajstić information content (AvgIpc) is 2.58. The van der Waals surface area contributed by atoms with Gasteiger partial charge in [0, 0.05) is 12.7 Å². The quantitative estimate of drug-likeness (QED) is 0.626. The van der Waals surface area contributed by atoms with Gasteiger partial charge in [-0.2, -0.15) is 0 Å². The summed E-state index contributed by atoms with van der Waals surface area (Å²) >= 11 is 0. The molecule has 0 aliphatic heterocycles. The molecule has 0 radical (unpaired) electrons. The van der Waals surface area contributed by atoms with Gasteiger partial charge in [-0.05, 0) is 30.5 Å². The minimum absolute atomic E-state index is 0.247. The monoisotopic (exact) mass is 297 g/mol. The van der Waals surface area contributed by atoms with Crippen molar-refractivity contribution in [2.24, 2.45) is 0 Å². The molecule has 0 atom stereocenters. The second-order valence-electron chi connectivity index (χ2n) is 4.85. The molecule has 114 valence electrons. The van der Waals surface area contributed by atoms with E-state index in [0.717, 1.165) is 12.8 Å². The van der Waals surface area contributed by atoms with E-state index in [0.29, 0.717) is 12.2 Å². The highest BCUT2D eigenvalue weighted by molar-refractivity contribution is 6.35. The summed E-state index contributed by atoms with van der Waals surface area (Å²) < 4.78 is 0. The first-order chi connectivity index (χ1) is 10.8. The van der Waals surface area contributed by atoms with Crippen LogP contribution < -0.4 is 10.6 Å². The van der Waals surface area contributed by atoms with Crippen LogP contribution >= 0.6 is 0 Å². The van der Waals surface area contributed by atoms with Gasteiger partial charge >= 0.3 is 11.8 Å². The maximum absolute atomic E-state index is 11.6. The summed E-state index contributed by atoms with van der Waals surface area (Å²) in [5.41, 5.74) is 1.93. The molecule has 2 aromatic rings. The molecule has 0 saturated carbocycles. The molecular formula is C17H19N3O2. The minimum atomic E-state index is -0.634. The molecule has 22 heavy (non-hydrogen) atoms. The van der Waals surface area contributed by atoms with Crippen LogP contribution in [0.15, 0.2) is 54.7 Å². The summed E-state index contributed by atoms with van der Waals surface area (Å²) in [5.74, 6) is -1.24. The van der Waals surface area contributed by atoms with Crippen molar-refractivity contribution < 1.29 is 9.59 Å². The summed E-state index contributed by atoms with van der Waals surface area (Å²) in [7, 11) is 0. The van der Waals surface area contributed by atoms with Gasteiger partial charge in [-0.3, -0.25) is 14.6 Å². The number of hydrogen-bond acceptors (Lipinski definition) is 3. The minimum Gasteiger partial charge on any atom is -0.348 e. The number of pyridine rings is 1. The molecule has 2 rings (SSSR count). The Morgan fingerprint density at radius 2 is 1.64 bits per heavy atom. The van der Waals surface area contributed by atoms with Crippen molar-refractivity contribution in [1.82, 2.24) is 15.6 Å². The van der Waals surface area contributed by atoms with E-state index in [1.165, 1.54) is 5.56 Å². The van der Waals surface area contributed by atoms with E-state index in [1.807, 2.05) is 36.4 Å². The van der Waals surface area contributed by atoms with Gasteiger partial charge in [0.2, 0.25) is 0 Å². The Morgan fingerprint density at radius 1 is 0.909 bits per heavy atom. The number of amides is 2. The predicted octanol–water partition coefficient (Wildman–Crippen LogP) is 1.45. The van der Waals surface area contributed by atoms with Crippen LogP contribution in [0.5, 0.6) is 0 Å². The first kappa shape index (κ1) is 15.7. The van der Waals surface area contributed by atoms with E-state index in [-0.39, 0.29) is 6.54 Å². The van der Waals surface area contributed by atoms with Crippen LogP contribution in [-0.2, 0) is 22.6 Å². The SMILES string of the molecule is O=C(NCCCc1ccccc1)C(=O)NCc1ccccn1. The second-order valence-corrected chi connectivity index (χ2v) is 4.85. The van der Waals surface area contributed by atoms with E-state index in [2.05, 4.69) is 15.6 Å². The van der Waals surface area contributed by atoms with Gasteiger partial charge in [0.1, 0.15) is 0 Å². The Hall–Kier alpha value is -2.69. The summed E-state index contributed by atoms with van der Waals surface area (Å²) in [6.07, 6.45) is 3.31. The maximum Gasteiger partial charge on any atom is 0.309 e. The van der Waals surface area contributed by atoms with Crippen LogP contribution in [0.1, 0.15) is 17.7 Å². The molecule has 0 aliphatic carbocycles. The number of rotatable bonds is 6. The second kappa shape index (κ2) is 8.56. The molecule has 0 spiro atoms. The Bertz CT molecular complexity index is 600. The molecule has 0 fully saturated rings. The van der Waals surface area contributed by atoms with E-state index in [9.17, 15) is 9.59 Å². The topological polar surface area (TPSA) is 71.1 Å². The summed E-state index contributed by atoms with van der Waals surface area (Å²) in [4.78, 5) is 27.3. The third kappa shape index (κ3) is 5.36. The number of benzene rings is 1. The average molecular weight is 297 g/mol. The summed E-state index contributed by atoms with van der Waals surface area (Å²) in [5, 5.41) is 5.16. The number of nitrogens with one attached hydrogen (secondary N) is 2. The summed E-state index contributed by atoms with van der Waals surface area (Å²) in [6.45, 7) is 0.724. The predicted molar refractivity (Wildman–Crippen MR) is 83.9 cm³/mol. The number of hydrogen-bond donors (Lipinski definition) is 2. The Kier molecular flexibility index (Phi) is 6.11. The van der Waals surface area contributed by atoms with Gasteiger partial charge in [-0.15, -0.1) is 0 Å². The molecule has 5 heteroatoms. The molecule has 0 aliphatic rings. The molecule has 0 unspecified atom stereocenters. The lowest BCUT2D eigenvalue weighted by Gasteiger charge is -2.06. The smallest absolute Gasteiger partial charge is 0.309 e. The molecule has 0 bridgehead atoms. The number of nitrogens with zero attached hydrogens (tertiary/aromatic N) is 1. The normalized spacial score (nSPS) is 10.0. The highest BCUT2D eigenvalue weighted by Gasteiger charge is 2.12. The zero-order chi connectivity index (χ0) is 15.6. The summed E-state index contributed by atoms with van der Waals surface area (Å²) in [6, 6.07) is 15.4. The van der Waals surface area contributed by atoms with Crippen molar-refractivity contribution in [1.29, 1.82) is 0 Å². The molecule has 2 amide bonds. The molecule has 5 nitrogen and oxygen atoms in total. The van der Waals surface area contributed by atoms with Crippen molar-refractivity contribution in [3.63, 3.8) is 0 Å². The van der Waals surface area contributed by atoms with Gasteiger partial charge in [0.15, 0.2) is 0 Å². The van der Waals surface area contributed by atoms with Crippen molar-refractivity contribution in [2.45, 2.75) is 19.4 Å². The lowest BCUT2D eigenvalue weighted by Crippen LogP contribution is -2.40. The Labute approximate surface area is 129 Å². The van der Waals surface area contributed by atoms with Gasteiger partial charge in [-0.25, -0.2) is 0 Å². The standard InChI is InChI=1S/C17H19N3O2/c21-16(17(22)20-13-15-10-4-5-11-18-15)19-12-6-9-14-7-2-1-3-8-14/h1-5,7-8,10-11H,6,9,12-13H2,(H,19,21)(H,20,22). The van der Waals surface area contributed by atoms with Gasteiger partial charge in [-0.1, -0.05) is 36.4 Å². The number of aromatic nitrogens is 1. The van der Waals surface area contributed by atoms with Crippen LogP contribution in [0.25, 0.3) is 0 Å². The fourth-order valence-electron chi connectivity index (χ4n) is 1.97. The highest BCUT2D eigenvalue weighted by atomic mass is 16.2. The fraction of sp³-hybridized carbons (Fsp3) is 0.235.